The van der Waals surface area contributed by atoms with Crippen molar-refractivity contribution in [1.82, 2.24) is 0 Å². The van der Waals surface area contributed by atoms with Gasteiger partial charge in [0.2, 0.25) is 0 Å². The van der Waals surface area contributed by atoms with Gasteiger partial charge in [-0.2, -0.15) is 0 Å². The van der Waals surface area contributed by atoms with Crippen molar-refractivity contribution in [1.29, 1.82) is 0 Å². The number of carbonyl (C=O) groups excluding carboxylic acids is 1. The number of nitrogens with zero attached hydrogens (tertiary/aromatic N) is 1. The number of aliphatic hydroxyl groups is 1. The van der Waals surface area contributed by atoms with Crippen LogP contribution in [0.15, 0.2) is 67.3 Å². The van der Waals surface area contributed by atoms with E-state index in [1.165, 1.54) is 0 Å². The maximum absolute atomic E-state index is 12.7. The molecule has 0 aliphatic carbocycles. The Hall–Kier alpha value is -2.39. The van der Waals surface area contributed by atoms with Crippen LogP contribution in [0.4, 0.5) is 11.4 Å². The molecule has 0 aromatic heterocycles. The van der Waals surface area contributed by atoms with E-state index in [4.69, 9.17) is 0 Å². The highest BCUT2D eigenvalue weighted by atomic mass is 16.3. The summed E-state index contributed by atoms with van der Waals surface area (Å²) in [5.41, 5.74) is 0.598. The molecule has 0 fully saturated rings. The van der Waals surface area contributed by atoms with Crippen LogP contribution in [0.1, 0.15) is 12.0 Å². The van der Waals surface area contributed by atoms with E-state index in [-0.39, 0.29) is 12.3 Å². The lowest BCUT2D eigenvalue weighted by Gasteiger charge is -2.22. The van der Waals surface area contributed by atoms with E-state index in [1.54, 1.807) is 17.0 Å². The molecule has 0 bridgehead atoms. The topological polar surface area (TPSA) is 40.5 Å². The molecule has 0 spiro atoms. The summed E-state index contributed by atoms with van der Waals surface area (Å²) in [6, 6.07) is 16.7. The van der Waals surface area contributed by atoms with Crippen molar-refractivity contribution >= 4 is 17.3 Å². The van der Waals surface area contributed by atoms with Gasteiger partial charge in [0.05, 0.1) is 5.69 Å². The van der Waals surface area contributed by atoms with E-state index in [9.17, 15) is 9.90 Å². The fourth-order valence-electron chi connectivity index (χ4n) is 2.67. The lowest BCUT2D eigenvalue weighted by atomic mass is 9.92. The minimum absolute atomic E-state index is 0.201. The van der Waals surface area contributed by atoms with Crippen molar-refractivity contribution in [2.24, 2.45) is 0 Å². The first-order valence-corrected chi connectivity index (χ1v) is 6.51. The van der Waals surface area contributed by atoms with Gasteiger partial charge in [0, 0.05) is 17.7 Å². The van der Waals surface area contributed by atoms with Gasteiger partial charge in [-0.1, -0.05) is 42.5 Å². The summed E-state index contributed by atoms with van der Waals surface area (Å²) in [5, 5.41) is 10.8. The fraction of sp³-hybridized carbons (Fsp3) is 0.118. The number of hydrogen-bond acceptors (Lipinski definition) is 2. The second-order valence-electron chi connectivity index (χ2n) is 4.85. The molecule has 100 valence electrons. The summed E-state index contributed by atoms with van der Waals surface area (Å²) >= 11 is 0. The third-order valence-corrected chi connectivity index (χ3v) is 3.60. The van der Waals surface area contributed by atoms with Crippen LogP contribution in [0.3, 0.4) is 0 Å². The van der Waals surface area contributed by atoms with Gasteiger partial charge in [-0.15, -0.1) is 6.58 Å². The smallest absolute Gasteiger partial charge is 0.268 e. The molecule has 0 saturated heterocycles. The van der Waals surface area contributed by atoms with Crippen molar-refractivity contribution in [3.8, 4) is 0 Å². The van der Waals surface area contributed by atoms with E-state index in [0.717, 1.165) is 11.4 Å². The van der Waals surface area contributed by atoms with E-state index in [0.29, 0.717) is 5.56 Å². The molecule has 1 aliphatic heterocycles. The maximum Gasteiger partial charge on any atom is 0.268 e. The summed E-state index contributed by atoms with van der Waals surface area (Å²) in [5.74, 6) is -0.329. The van der Waals surface area contributed by atoms with Crippen LogP contribution in [-0.2, 0) is 10.4 Å². The second-order valence-corrected chi connectivity index (χ2v) is 4.85. The zero-order valence-corrected chi connectivity index (χ0v) is 11.0. The maximum atomic E-state index is 12.7. The summed E-state index contributed by atoms with van der Waals surface area (Å²) in [7, 11) is 0. The quantitative estimate of drug-likeness (QED) is 0.866. The third kappa shape index (κ3) is 1.67. The molecule has 1 atom stereocenters. The fourth-order valence-corrected chi connectivity index (χ4v) is 2.67. The molecule has 3 nitrogen and oxygen atoms in total. The Morgan fingerprint density at radius 2 is 1.75 bits per heavy atom. The van der Waals surface area contributed by atoms with Crippen LogP contribution >= 0.6 is 0 Å². The van der Waals surface area contributed by atoms with Crippen LogP contribution in [-0.4, -0.2) is 11.0 Å². The van der Waals surface area contributed by atoms with Crippen molar-refractivity contribution in [3.05, 3.63) is 72.8 Å². The molecular weight excluding hydrogens is 250 g/mol. The molecule has 1 N–H and O–H groups in total. The number of amides is 1. The predicted molar refractivity (Wildman–Crippen MR) is 78.7 cm³/mol. The summed E-state index contributed by atoms with van der Waals surface area (Å²) in [4.78, 5) is 14.3. The van der Waals surface area contributed by atoms with Gasteiger partial charge >= 0.3 is 0 Å². The molecule has 3 rings (SSSR count). The molecule has 0 unspecified atom stereocenters. The first-order valence-electron chi connectivity index (χ1n) is 6.51. The number of fused-ring (bicyclic) bond motifs is 1. The molecule has 1 amide bonds. The van der Waals surface area contributed by atoms with E-state index < -0.39 is 5.60 Å². The van der Waals surface area contributed by atoms with Crippen LogP contribution in [0, 0.1) is 0 Å². The van der Waals surface area contributed by atoms with Gasteiger partial charge in [0.15, 0.2) is 5.60 Å². The normalized spacial score (nSPS) is 20.9. The summed E-state index contributed by atoms with van der Waals surface area (Å²) in [6.07, 6.45) is 1.77. The van der Waals surface area contributed by atoms with Gasteiger partial charge < -0.3 is 5.11 Å². The van der Waals surface area contributed by atoms with Gasteiger partial charge in [-0.05, 0) is 18.2 Å². The van der Waals surface area contributed by atoms with Gasteiger partial charge in [0.25, 0.3) is 5.91 Å². The van der Waals surface area contributed by atoms with Crippen LogP contribution in [0.2, 0.25) is 0 Å². The molecular formula is C17H15NO2. The number of anilines is 2. The SMILES string of the molecule is C=CC[C@]1(O)C(=O)N(c2ccccc2)c2ccccc21. The molecule has 2 aromatic carbocycles. The Morgan fingerprint density at radius 1 is 1.10 bits per heavy atom. The first-order chi connectivity index (χ1) is 9.68. The molecule has 1 aliphatic rings. The summed E-state index contributed by atoms with van der Waals surface area (Å²) in [6.45, 7) is 3.64. The Morgan fingerprint density at radius 3 is 2.45 bits per heavy atom. The zero-order chi connectivity index (χ0) is 14.2. The van der Waals surface area contributed by atoms with Crippen LogP contribution < -0.4 is 4.90 Å². The van der Waals surface area contributed by atoms with Gasteiger partial charge in [0.1, 0.15) is 0 Å². The zero-order valence-electron chi connectivity index (χ0n) is 11.0. The van der Waals surface area contributed by atoms with E-state index >= 15 is 0 Å². The standard InChI is InChI=1S/C17H15NO2/c1-2-12-17(20)14-10-6-7-11-15(14)18(16(17)19)13-8-4-3-5-9-13/h2-11,20H,1,12H2/t17-/m1/s1. The Kier molecular flexibility index (Phi) is 2.92. The van der Waals surface area contributed by atoms with Gasteiger partial charge in [-0.25, -0.2) is 0 Å². The highest BCUT2D eigenvalue weighted by Gasteiger charge is 2.49. The second kappa shape index (κ2) is 4.62. The van der Waals surface area contributed by atoms with E-state index in [2.05, 4.69) is 6.58 Å². The van der Waals surface area contributed by atoms with Crippen LogP contribution in [0.5, 0.6) is 0 Å². The van der Waals surface area contributed by atoms with Crippen molar-refractivity contribution < 1.29 is 9.90 Å². The highest BCUT2D eigenvalue weighted by molar-refractivity contribution is 6.11. The molecule has 20 heavy (non-hydrogen) atoms. The number of benzene rings is 2. The number of hydrogen-bond donors (Lipinski definition) is 1. The monoisotopic (exact) mass is 265 g/mol. The first kappa shape index (κ1) is 12.6. The number of para-hydroxylation sites is 2. The number of rotatable bonds is 3. The van der Waals surface area contributed by atoms with Gasteiger partial charge in [-0.3, -0.25) is 9.69 Å². The van der Waals surface area contributed by atoms with Crippen LogP contribution in [0.25, 0.3) is 0 Å². The average Bonchev–Trinajstić information content (AvgIpc) is 2.70. The number of carbonyl (C=O) groups is 1. The lowest BCUT2D eigenvalue weighted by Crippen LogP contribution is -2.37. The molecule has 2 aromatic rings. The molecule has 0 saturated carbocycles. The summed E-state index contributed by atoms with van der Waals surface area (Å²) < 4.78 is 0. The molecule has 0 radical (unpaired) electrons. The minimum atomic E-state index is -1.52. The minimum Gasteiger partial charge on any atom is -0.375 e. The highest BCUT2D eigenvalue weighted by Crippen LogP contribution is 2.45. The predicted octanol–water partition coefficient (Wildman–Crippen LogP) is 3.13. The molecule has 3 heteroatoms. The third-order valence-electron chi connectivity index (χ3n) is 3.60. The van der Waals surface area contributed by atoms with Crippen molar-refractivity contribution in [2.45, 2.75) is 12.0 Å². The lowest BCUT2D eigenvalue weighted by molar-refractivity contribution is -0.135. The Labute approximate surface area is 117 Å². The largest absolute Gasteiger partial charge is 0.375 e. The Balaban J connectivity index is 2.19. The van der Waals surface area contributed by atoms with E-state index in [1.807, 2.05) is 48.5 Å². The molecule has 1 heterocycles. The Bertz CT molecular complexity index is 666. The van der Waals surface area contributed by atoms with Crippen molar-refractivity contribution in [3.63, 3.8) is 0 Å². The average molecular weight is 265 g/mol. The van der Waals surface area contributed by atoms with Crippen molar-refractivity contribution in [2.75, 3.05) is 4.90 Å².